The van der Waals surface area contributed by atoms with Crippen LogP contribution in [0.5, 0.6) is 5.75 Å². The molecule has 0 unspecified atom stereocenters. The summed E-state index contributed by atoms with van der Waals surface area (Å²) in [6.45, 7) is 4.64. The van der Waals surface area contributed by atoms with Crippen LogP contribution in [-0.4, -0.2) is 21.6 Å². The molecular weight excluding hydrogens is 336 g/mol. The molecule has 0 saturated carbocycles. The fourth-order valence-corrected chi connectivity index (χ4v) is 3.22. The zero-order chi connectivity index (χ0) is 19.0. The van der Waals surface area contributed by atoms with Crippen LogP contribution in [0.4, 0.5) is 5.69 Å². The summed E-state index contributed by atoms with van der Waals surface area (Å²) in [5.41, 5.74) is 12.7. The normalized spacial score (nSPS) is 11.1. The number of fused-ring (bicyclic) bond motifs is 1. The second-order valence-electron chi connectivity index (χ2n) is 6.68. The predicted octanol–water partition coefficient (Wildman–Crippen LogP) is 4.35. The average Bonchev–Trinajstić information content (AvgIpc) is 2.97. The Hall–Kier alpha value is -3.34. The lowest BCUT2D eigenvalue weighted by molar-refractivity contribution is 0.415. The van der Waals surface area contributed by atoms with Gasteiger partial charge in [0.1, 0.15) is 17.1 Å². The number of hydrogen-bond donors (Lipinski definition) is 1. The van der Waals surface area contributed by atoms with E-state index in [0.29, 0.717) is 5.69 Å². The SMILES string of the molecule is COc1ccc(-c2ccc(Cn3c(C)nc4cc(N)c(C)nc43)cc2)cc1. The largest absolute Gasteiger partial charge is 0.497 e. The first-order valence-corrected chi connectivity index (χ1v) is 8.88. The van der Waals surface area contributed by atoms with Crippen molar-refractivity contribution in [3.05, 3.63) is 71.7 Å². The van der Waals surface area contributed by atoms with Gasteiger partial charge in [-0.15, -0.1) is 0 Å². The molecule has 0 amide bonds. The van der Waals surface area contributed by atoms with Gasteiger partial charge in [-0.1, -0.05) is 36.4 Å². The van der Waals surface area contributed by atoms with Crippen molar-refractivity contribution in [2.75, 3.05) is 12.8 Å². The van der Waals surface area contributed by atoms with Crippen molar-refractivity contribution in [1.82, 2.24) is 14.5 Å². The molecule has 2 aromatic carbocycles. The van der Waals surface area contributed by atoms with E-state index in [1.165, 1.54) is 16.7 Å². The van der Waals surface area contributed by atoms with Gasteiger partial charge in [0, 0.05) is 0 Å². The number of hydrogen-bond acceptors (Lipinski definition) is 4. The molecule has 0 radical (unpaired) electrons. The quantitative estimate of drug-likeness (QED) is 0.589. The zero-order valence-electron chi connectivity index (χ0n) is 15.7. The standard InChI is InChI=1S/C22H22N4O/c1-14-20(23)12-21-22(24-14)26(15(2)25-21)13-16-4-6-17(7-5-16)18-8-10-19(27-3)11-9-18/h4-12H,13,23H2,1-3H3. The summed E-state index contributed by atoms with van der Waals surface area (Å²) in [4.78, 5) is 9.24. The highest BCUT2D eigenvalue weighted by molar-refractivity contribution is 5.76. The maximum atomic E-state index is 5.97. The minimum absolute atomic E-state index is 0.677. The van der Waals surface area contributed by atoms with Crippen LogP contribution >= 0.6 is 0 Å². The van der Waals surface area contributed by atoms with Gasteiger partial charge in [-0.3, -0.25) is 0 Å². The third kappa shape index (κ3) is 3.24. The number of nitrogen functional groups attached to an aromatic ring is 1. The molecule has 0 spiro atoms. The Morgan fingerprint density at radius 1 is 0.926 bits per heavy atom. The fraction of sp³-hybridized carbons (Fsp3) is 0.182. The van der Waals surface area contributed by atoms with Crippen molar-refractivity contribution in [1.29, 1.82) is 0 Å². The van der Waals surface area contributed by atoms with Gasteiger partial charge in [-0.2, -0.15) is 0 Å². The summed E-state index contributed by atoms with van der Waals surface area (Å²) in [5.74, 6) is 1.79. The highest BCUT2D eigenvalue weighted by Crippen LogP contribution is 2.24. The van der Waals surface area contributed by atoms with Gasteiger partial charge in [0.05, 0.1) is 25.0 Å². The van der Waals surface area contributed by atoms with Crippen molar-refractivity contribution >= 4 is 16.9 Å². The molecule has 5 nitrogen and oxygen atoms in total. The molecule has 2 aromatic heterocycles. The Bertz CT molecular complexity index is 1100. The van der Waals surface area contributed by atoms with Crippen molar-refractivity contribution < 1.29 is 4.74 Å². The Labute approximate surface area is 158 Å². The summed E-state index contributed by atoms with van der Waals surface area (Å²) >= 11 is 0. The van der Waals surface area contributed by atoms with Gasteiger partial charge in [0.2, 0.25) is 0 Å². The van der Waals surface area contributed by atoms with Crippen LogP contribution in [0, 0.1) is 13.8 Å². The molecule has 0 saturated heterocycles. The van der Waals surface area contributed by atoms with E-state index in [-0.39, 0.29) is 0 Å². The number of methoxy groups -OCH3 is 1. The summed E-state index contributed by atoms with van der Waals surface area (Å²) in [6.07, 6.45) is 0. The Morgan fingerprint density at radius 3 is 2.19 bits per heavy atom. The number of aromatic nitrogens is 3. The highest BCUT2D eigenvalue weighted by Gasteiger charge is 2.11. The van der Waals surface area contributed by atoms with Gasteiger partial charge in [-0.05, 0) is 48.7 Å². The molecule has 0 fully saturated rings. The van der Waals surface area contributed by atoms with Gasteiger partial charge < -0.3 is 15.0 Å². The number of anilines is 1. The fourth-order valence-electron chi connectivity index (χ4n) is 3.22. The van der Waals surface area contributed by atoms with E-state index in [0.717, 1.165) is 35.0 Å². The summed E-state index contributed by atoms with van der Waals surface area (Å²) in [7, 11) is 1.68. The Kier molecular flexibility index (Phi) is 4.28. The first-order valence-electron chi connectivity index (χ1n) is 8.88. The summed E-state index contributed by atoms with van der Waals surface area (Å²) in [6, 6.07) is 18.6. The lowest BCUT2D eigenvalue weighted by atomic mass is 10.0. The van der Waals surface area contributed by atoms with Gasteiger partial charge in [-0.25, -0.2) is 9.97 Å². The molecule has 4 rings (SSSR count). The molecule has 0 bridgehead atoms. The van der Waals surface area contributed by atoms with E-state index in [4.69, 9.17) is 10.5 Å². The number of pyridine rings is 1. The third-order valence-electron chi connectivity index (χ3n) is 4.86. The molecule has 27 heavy (non-hydrogen) atoms. The van der Waals surface area contributed by atoms with Crippen LogP contribution in [0.15, 0.2) is 54.6 Å². The molecule has 4 aromatic rings. The van der Waals surface area contributed by atoms with Crippen LogP contribution in [0.25, 0.3) is 22.3 Å². The monoisotopic (exact) mass is 358 g/mol. The molecule has 136 valence electrons. The van der Waals surface area contributed by atoms with Crippen molar-refractivity contribution in [3.63, 3.8) is 0 Å². The average molecular weight is 358 g/mol. The highest BCUT2D eigenvalue weighted by atomic mass is 16.5. The Balaban J connectivity index is 1.62. The number of aryl methyl sites for hydroxylation is 2. The van der Waals surface area contributed by atoms with Crippen LogP contribution in [0.1, 0.15) is 17.1 Å². The second kappa shape index (κ2) is 6.76. The first kappa shape index (κ1) is 17.1. The summed E-state index contributed by atoms with van der Waals surface area (Å²) in [5, 5.41) is 0. The lowest BCUT2D eigenvalue weighted by Crippen LogP contribution is -2.04. The number of benzene rings is 2. The van der Waals surface area contributed by atoms with Gasteiger partial charge in [0.15, 0.2) is 5.65 Å². The maximum Gasteiger partial charge on any atom is 0.160 e. The van der Waals surface area contributed by atoms with Crippen molar-refractivity contribution in [2.45, 2.75) is 20.4 Å². The predicted molar refractivity (Wildman–Crippen MR) is 109 cm³/mol. The lowest BCUT2D eigenvalue weighted by Gasteiger charge is -2.09. The summed E-state index contributed by atoms with van der Waals surface area (Å²) < 4.78 is 7.35. The first-order chi connectivity index (χ1) is 13.0. The molecular formula is C22H22N4O. The molecule has 0 aliphatic carbocycles. The molecule has 5 heteroatoms. The van der Waals surface area contributed by atoms with Crippen molar-refractivity contribution in [2.24, 2.45) is 0 Å². The molecule has 0 aliphatic rings. The van der Waals surface area contributed by atoms with Crippen LogP contribution in [-0.2, 0) is 6.54 Å². The molecule has 2 N–H and O–H groups in total. The number of imidazole rings is 1. The van der Waals surface area contributed by atoms with Crippen LogP contribution in [0.3, 0.4) is 0 Å². The van der Waals surface area contributed by atoms with Gasteiger partial charge >= 0.3 is 0 Å². The number of ether oxygens (including phenoxy) is 1. The van der Waals surface area contributed by atoms with Crippen LogP contribution in [0.2, 0.25) is 0 Å². The topological polar surface area (TPSA) is 66.0 Å². The molecule has 0 aliphatic heterocycles. The van der Waals surface area contributed by atoms with Crippen LogP contribution < -0.4 is 10.5 Å². The van der Waals surface area contributed by atoms with E-state index in [1.807, 2.05) is 32.0 Å². The van der Waals surface area contributed by atoms with E-state index < -0.39 is 0 Å². The molecule has 0 atom stereocenters. The van der Waals surface area contributed by atoms with E-state index in [9.17, 15) is 0 Å². The minimum atomic E-state index is 0.677. The van der Waals surface area contributed by atoms with Gasteiger partial charge in [0.25, 0.3) is 0 Å². The minimum Gasteiger partial charge on any atom is -0.497 e. The number of rotatable bonds is 4. The Morgan fingerprint density at radius 2 is 1.56 bits per heavy atom. The molecule has 2 heterocycles. The zero-order valence-corrected chi connectivity index (χ0v) is 15.7. The van der Waals surface area contributed by atoms with Crippen molar-refractivity contribution in [3.8, 4) is 16.9 Å². The number of nitrogens with two attached hydrogens (primary N) is 1. The van der Waals surface area contributed by atoms with E-state index >= 15 is 0 Å². The second-order valence-corrected chi connectivity index (χ2v) is 6.68. The smallest absolute Gasteiger partial charge is 0.160 e. The number of nitrogens with zero attached hydrogens (tertiary/aromatic N) is 3. The third-order valence-corrected chi connectivity index (χ3v) is 4.86. The maximum absolute atomic E-state index is 5.97. The van der Waals surface area contributed by atoms with E-state index in [1.54, 1.807) is 7.11 Å². The van der Waals surface area contributed by atoms with E-state index in [2.05, 4.69) is 50.9 Å².